The van der Waals surface area contributed by atoms with E-state index >= 15 is 0 Å². The number of hydrogen-bond donors (Lipinski definition) is 2. The van der Waals surface area contributed by atoms with Gasteiger partial charge in [0.1, 0.15) is 5.82 Å². The molecule has 0 aromatic heterocycles. The zero-order chi connectivity index (χ0) is 13.7. The summed E-state index contributed by atoms with van der Waals surface area (Å²) in [5.74, 6) is -2.15. The van der Waals surface area contributed by atoms with Crippen LogP contribution in [0.2, 0.25) is 5.02 Å². The molecular weight excluding hydrogens is 263 g/mol. The summed E-state index contributed by atoms with van der Waals surface area (Å²) in [5, 5.41) is 2.33. The summed E-state index contributed by atoms with van der Waals surface area (Å²) in [5.41, 5.74) is 5.54. The van der Waals surface area contributed by atoms with Gasteiger partial charge in [0.05, 0.1) is 17.3 Å². The highest BCUT2D eigenvalue weighted by atomic mass is 35.5. The maximum atomic E-state index is 12.8. The molecule has 1 aromatic carbocycles. The van der Waals surface area contributed by atoms with Crippen molar-refractivity contribution in [3.05, 3.63) is 29.0 Å². The second-order valence-electron chi connectivity index (χ2n) is 3.34. The van der Waals surface area contributed by atoms with Crippen LogP contribution in [-0.2, 0) is 14.3 Å². The third-order valence-corrected chi connectivity index (χ3v) is 2.32. The lowest BCUT2D eigenvalue weighted by atomic mass is 10.2. The fraction of sp³-hybridized carbons (Fsp3) is 0.273. The van der Waals surface area contributed by atoms with Crippen molar-refractivity contribution in [2.24, 2.45) is 5.73 Å². The molecule has 1 unspecified atom stereocenters. The SMILES string of the molecule is CCOC(=O)C(N)C(=O)Nc1ccc(F)cc1Cl. The van der Waals surface area contributed by atoms with Crippen molar-refractivity contribution in [1.29, 1.82) is 0 Å². The maximum absolute atomic E-state index is 12.8. The first-order valence-electron chi connectivity index (χ1n) is 5.13. The van der Waals surface area contributed by atoms with Crippen molar-refractivity contribution in [2.75, 3.05) is 11.9 Å². The number of esters is 1. The summed E-state index contributed by atoms with van der Waals surface area (Å²) in [6.07, 6.45) is 0. The largest absolute Gasteiger partial charge is 0.464 e. The number of halogens is 2. The van der Waals surface area contributed by atoms with Gasteiger partial charge >= 0.3 is 5.97 Å². The van der Waals surface area contributed by atoms with Gasteiger partial charge in [-0.15, -0.1) is 0 Å². The van der Waals surface area contributed by atoms with Gasteiger partial charge in [0.2, 0.25) is 0 Å². The molecule has 1 aromatic rings. The molecule has 0 aliphatic heterocycles. The first-order chi connectivity index (χ1) is 8.45. The fourth-order valence-electron chi connectivity index (χ4n) is 1.14. The van der Waals surface area contributed by atoms with Crippen molar-refractivity contribution >= 4 is 29.2 Å². The molecule has 18 heavy (non-hydrogen) atoms. The fourth-order valence-corrected chi connectivity index (χ4v) is 1.35. The normalized spacial score (nSPS) is 11.8. The van der Waals surface area contributed by atoms with E-state index in [1.54, 1.807) is 6.92 Å². The topological polar surface area (TPSA) is 81.4 Å². The van der Waals surface area contributed by atoms with Crippen molar-refractivity contribution < 1.29 is 18.7 Å². The molecule has 0 radical (unpaired) electrons. The van der Waals surface area contributed by atoms with E-state index in [9.17, 15) is 14.0 Å². The molecule has 0 aliphatic carbocycles. The Balaban J connectivity index is 2.72. The Hall–Kier alpha value is -1.66. The maximum Gasteiger partial charge on any atom is 0.332 e. The van der Waals surface area contributed by atoms with Crippen LogP contribution in [0.25, 0.3) is 0 Å². The van der Waals surface area contributed by atoms with Crippen LogP contribution in [0.4, 0.5) is 10.1 Å². The number of nitrogens with one attached hydrogen (secondary N) is 1. The molecule has 0 saturated carbocycles. The van der Waals surface area contributed by atoms with Crippen LogP contribution in [0.1, 0.15) is 6.92 Å². The molecule has 0 saturated heterocycles. The van der Waals surface area contributed by atoms with Gasteiger partial charge in [-0.1, -0.05) is 11.6 Å². The number of nitrogens with two attached hydrogens (primary N) is 1. The van der Waals surface area contributed by atoms with E-state index in [0.29, 0.717) is 0 Å². The van der Waals surface area contributed by atoms with Gasteiger partial charge in [-0.3, -0.25) is 4.79 Å². The molecule has 5 nitrogen and oxygen atoms in total. The average Bonchev–Trinajstić information content (AvgIpc) is 2.32. The molecule has 0 fully saturated rings. The summed E-state index contributed by atoms with van der Waals surface area (Å²) in [4.78, 5) is 22.8. The van der Waals surface area contributed by atoms with E-state index in [0.717, 1.165) is 12.1 Å². The van der Waals surface area contributed by atoms with Crippen molar-refractivity contribution in [2.45, 2.75) is 13.0 Å². The van der Waals surface area contributed by atoms with E-state index in [1.807, 2.05) is 0 Å². The number of rotatable bonds is 4. The number of carbonyl (C=O) groups excluding carboxylic acids is 2. The number of hydrogen-bond acceptors (Lipinski definition) is 4. The highest BCUT2D eigenvalue weighted by Gasteiger charge is 2.23. The Morgan fingerprint density at radius 1 is 1.56 bits per heavy atom. The summed E-state index contributed by atoms with van der Waals surface area (Å²) < 4.78 is 17.4. The van der Waals surface area contributed by atoms with Gasteiger partial charge < -0.3 is 15.8 Å². The third-order valence-electron chi connectivity index (χ3n) is 2.01. The molecule has 1 atom stereocenters. The quantitative estimate of drug-likeness (QED) is 0.641. The smallest absolute Gasteiger partial charge is 0.332 e. The summed E-state index contributed by atoms with van der Waals surface area (Å²) in [7, 11) is 0. The van der Waals surface area contributed by atoms with Crippen LogP contribution >= 0.6 is 11.6 Å². The van der Waals surface area contributed by atoms with Crippen LogP contribution < -0.4 is 11.1 Å². The number of anilines is 1. The van der Waals surface area contributed by atoms with E-state index in [-0.39, 0.29) is 17.3 Å². The molecule has 3 N–H and O–H groups in total. The zero-order valence-corrected chi connectivity index (χ0v) is 10.3. The second kappa shape index (κ2) is 6.32. The van der Waals surface area contributed by atoms with Crippen LogP contribution in [0.5, 0.6) is 0 Å². The highest BCUT2D eigenvalue weighted by molar-refractivity contribution is 6.33. The number of carbonyl (C=O) groups is 2. The molecule has 1 rings (SSSR count). The average molecular weight is 275 g/mol. The minimum atomic E-state index is -1.45. The third kappa shape index (κ3) is 3.68. The molecule has 0 bridgehead atoms. The summed E-state index contributed by atoms with van der Waals surface area (Å²) in [6, 6.07) is 1.98. The van der Waals surface area contributed by atoms with E-state index in [4.69, 9.17) is 17.3 Å². The van der Waals surface area contributed by atoms with Crippen LogP contribution in [-0.4, -0.2) is 24.5 Å². The molecule has 0 aliphatic rings. The lowest BCUT2D eigenvalue weighted by molar-refractivity contribution is -0.146. The zero-order valence-electron chi connectivity index (χ0n) is 9.57. The minimum absolute atomic E-state index is 0.0133. The van der Waals surface area contributed by atoms with Gasteiger partial charge in [-0.05, 0) is 25.1 Å². The van der Waals surface area contributed by atoms with Gasteiger partial charge in [0.15, 0.2) is 6.04 Å². The lowest BCUT2D eigenvalue weighted by Gasteiger charge is -2.12. The van der Waals surface area contributed by atoms with Gasteiger partial charge in [0, 0.05) is 0 Å². The van der Waals surface area contributed by atoms with Crippen LogP contribution in [0, 0.1) is 5.82 Å². The number of ether oxygens (including phenoxy) is 1. The summed E-state index contributed by atoms with van der Waals surface area (Å²) >= 11 is 5.71. The Morgan fingerprint density at radius 2 is 2.22 bits per heavy atom. The summed E-state index contributed by atoms with van der Waals surface area (Å²) in [6.45, 7) is 1.72. The number of benzene rings is 1. The molecule has 1 amide bonds. The Labute approximate surface area is 108 Å². The molecule has 0 spiro atoms. The van der Waals surface area contributed by atoms with Gasteiger partial charge in [-0.25, -0.2) is 9.18 Å². The molecule has 7 heteroatoms. The van der Waals surface area contributed by atoms with Gasteiger partial charge in [0.25, 0.3) is 5.91 Å². The van der Waals surface area contributed by atoms with Crippen molar-refractivity contribution in [3.63, 3.8) is 0 Å². The molecule has 98 valence electrons. The van der Waals surface area contributed by atoms with Gasteiger partial charge in [-0.2, -0.15) is 0 Å². The first kappa shape index (κ1) is 14.4. The molecule has 0 heterocycles. The second-order valence-corrected chi connectivity index (χ2v) is 3.75. The van der Waals surface area contributed by atoms with Crippen LogP contribution in [0.3, 0.4) is 0 Å². The molecular formula is C11H12ClFN2O3. The Morgan fingerprint density at radius 3 is 2.78 bits per heavy atom. The predicted molar refractivity (Wildman–Crippen MR) is 64.6 cm³/mol. The minimum Gasteiger partial charge on any atom is -0.464 e. The van der Waals surface area contributed by atoms with Crippen LogP contribution in [0.15, 0.2) is 18.2 Å². The van der Waals surface area contributed by atoms with E-state index in [2.05, 4.69) is 10.1 Å². The first-order valence-corrected chi connectivity index (χ1v) is 5.51. The van der Waals surface area contributed by atoms with Crippen molar-refractivity contribution in [1.82, 2.24) is 0 Å². The van der Waals surface area contributed by atoms with E-state index < -0.39 is 23.7 Å². The van der Waals surface area contributed by atoms with E-state index in [1.165, 1.54) is 6.07 Å². The number of amides is 1. The monoisotopic (exact) mass is 274 g/mol. The standard InChI is InChI=1S/C11H12ClFN2O3/c1-2-18-11(17)9(14)10(16)15-8-4-3-6(13)5-7(8)12/h3-5,9H,2,14H2,1H3,(H,15,16). The highest BCUT2D eigenvalue weighted by Crippen LogP contribution is 2.22. The lowest BCUT2D eigenvalue weighted by Crippen LogP contribution is -2.43. The Bertz CT molecular complexity index is 468. The van der Waals surface area contributed by atoms with Crippen molar-refractivity contribution in [3.8, 4) is 0 Å². The predicted octanol–water partition coefficient (Wildman–Crippen LogP) is 1.31. The Kier molecular flexibility index (Phi) is 5.06.